The molecule has 19 heavy (non-hydrogen) atoms. The van der Waals surface area contributed by atoms with E-state index in [-0.39, 0.29) is 6.54 Å². The zero-order valence-corrected chi connectivity index (χ0v) is 11.0. The van der Waals surface area contributed by atoms with Crippen molar-refractivity contribution in [3.63, 3.8) is 0 Å². The van der Waals surface area contributed by atoms with E-state index in [4.69, 9.17) is 0 Å². The zero-order chi connectivity index (χ0) is 14.5. The van der Waals surface area contributed by atoms with Crippen LogP contribution in [0.3, 0.4) is 0 Å². The smallest absolute Gasteiger partial charge is 0.311 e. The highest BCUT2D eigenvalue weighted by Gasteiger charge is 2.31. The quantitative estimate of drug-likeness (QED) is 0.636. The van der Waals surface area contributed by atoms with Crippen molar-refractivity contribution in [2.45, 2.75) is 19.6 Å². The summed E-state index contributed by atoms with van der Waals surface area (Å²) in [5.74, 6) is -0.864. The third-order valence-electron chi connectivity index (χ3n) is 2.82. The maximum Gasteiger partial charge on any atom is 0.416 e. The Kier molecular flexibility index (Phi) is 5.75. The number of nitrogens with one attached hydrogen (secondary N) is 1. The van der Waals surface area contributed by atoms with Crippen molar-refractivity contribution < 1.29 is 17.6 Å². The van der Waals surface area contributed by atoms with Crippen molar-refractivity contribution >= 4 is 0 Å². The number of benzene rings is 1. The van der Waals surface area contributed by atoms with Gasteiger partial charge in [0.05, 0.1) is 5.56 Å². The fraction of sp³-hybridized carbons (Fsp3) is 0.538. The molecule has 0 aromatic heterocycles. The van der Waals surface area contributed by atoms with E-state index in [2.05, 4.69) is 10.2 Å². The van der Waals surface area contributed by atoms with E-state index in [0.29, 0.717) is 18.2 Å². The van der Waals surface area contributed by atoms with Crippen molar-refractivity contribution in [3.8, 4) is 0 Å². The summed E-state index contributed by atoms with van der Waals surface area (Å²) in [7, 11) is 1.95. The first-order chi connectivity index (χ1) is 8.82. The number of likely N-dealkylation sites (N-methyl/N-ethyl adjacent to an activating group) is 1. The van der Waals surface area contributed by atoms with Crippen LogP contribution in [0, 0.1) is 5.82 Å². The second-order valence-electron chi connectivity index (χ2n) is 4.42. The summed E-state index contributed by atoms with van der Waals surface area (Å²) >= 11 is 0. The van der Waals surface area contributed by atoms with Crippen molar-refractivity contribution in [2.75, 3.05) is 26.7 Å². The highest BCUT2D eigenvalue weighted by Crippen LogP contribution is 2.30. The van der Waals surface area contributed by atoms with Crippen LogP contribution in [-0.2, 0) is 12.7 Å². The van der Waals surface area contributed by atoms with E-state index in [1.54, 1.807) is 0 Å². The van der Waals surface area contributed by atoms with Gasteiger partial charge >= 0.3 is 6.18 Å². The monoisotopic (exact) mass is 278 g/mol. The molecule has 1 aromatic carbocycles. The summed E-state index contributed by atoms with van der Waals surface area (Å²) in [6.07, 6.45) is -4.51. The normalized spacial score (nSPS) is 12.2. The Morgan fingerprint density at radius 3 is 2.47 bits per heavy atom. The predicted molar refractivity (Wildman–Crippen MR) is 66.3 cm³/mol. The van der Waals surface area contributed by atoms with E-state index in [0.717, 1.165) is 25.2 Å². The summed E-state index contributed by atoms with van der Waals surface area (Å²) in [4.78, 5) is 2.07. The lowest BCUT2D eigenvalue weighted by molar-refractivity contribution is -0.137. The van der Waals surface area contributed by atoms with Crippen molar-refractivity contribution in [1.29, 1.82) is 0 Å². The van der Waals surface area contributed by atoms with Crippen LogP contribution < -0.4 is 5.32 Å². The molecule has 0 fully saturated rings. The van der Waals surface area contributed by atoms with Gasteiger partial charge in [-0.15, -0.1) is 0 Å². The highest BCUT2D eigenvalue weighted by molar-refractivity contribution is 5.26. The molecule has 1 N–H and O–H groups in total. The Hall–Kier alpha value is -1.14. The molecular formula is C13H18F4N2. The molecule has 0 heterocycles. The Morgan fingerprint density at radius 1 is 1.21 bits per heavy atom. The maximum absolute atomic E-state index is 13.1. The molecule has 0 aliphatic carbocycles. The van der Waals surface area contributed by atoms with E-state index in [1.165, 1.54) is 0 Å². The van der Waals surface area contributed by atoms with Crippen LogP contribution in [0.1, 0.15) is 18.1 Å². The van der Waals surface area contributed by atoms with Gasteiger partial charge in [-0.2, -0.15) is 13.2 Å². The van der Waals surface area contributed by atoms with Crippen LogP contribution in [0.15, 0.2) is 18.2 Å². The second-order valence-corrected chi connectivity index (χ2v) is 4.42. The maximum atomic E-state index is 13.1. The summed E-state index contributed by atoms with van der Waals surface area (Å²) in [5.41, 5.74) is -0.651. The third kappa shape index (κ3) is 5.57. The van der Waals surface area contributed by atoms with Gasteiger partial charge < -0.3 is 10.2 Å². The SMILES string of the molecule is CCN(C)CCNCc1cc(F)cc(C(F)(F)F)c1. The standard InChI is InChI=1S/C13H18F4N2/c1-3-19(2)5-4-18-9-10-6-11(13(15,16)17)8-12(14)7-10/h6-8,18H,3-5,9H2,1-2H3. The minimum Gasteiger partial charge on any atom is -0.311 e. The van der Waals surface area contributed by atoms with Crippen molar-refractivity contribution in [1.82, 2.24) is 10.2 Å². The summed E-state index contributed by atoms with van der Waals surface area (Å²) < 4.78 is 50.6. The molecule has 0 bridgehead atoms. The van der Waals surface area contributed by atoms with Gasteiger partial charge in [-0.1, -0.05) is 6.92 Å². The van der Waals surface area contributed by atoms with Crippen molar-refractivity contribution in [2.24, 2.45) is 0 Å². The van der Waals surface area contributed by atoms with Gasteiger partial charge in [-0.05, 0) is 37.4 Å². The van der Waals surface area contributed by atoms with Crippen LogP contribution in [-0.4, -0.2) is 31.6 Å². The fourth-order valence-electron chi connectivity index (χ4n) is 1.58. The number of rotatable bonds is 6. The molecule has 0 amide bonds. The molecule has 2 nitrogen and oxygen atoms in total. The average molecular weight is 278 g/mol. The van der Waals surface area contributed by atoms with Crippen LogP contribution in [0.5, 0.6) is 0 Å². The lowest BCUT2D eigenvalue weighted by Gasteiger charge is -2.14. The van der Waals surface area contributed by atoms with Crippen LogP contribution in [0.25, 0.3) is 0 Å². The number of alkyl halides is 3. The largest absolute Gasteiger partial charge is 0.416 e. The molecule has 0 saturated carbocycles. The van der Waals surface area contributed by atoms with Gasteiger partial charge in [-0.3, -0.25) is 0 Å². The third-order valence-corrected chi connectivity index (χ3v) is 2.82. The summed E-state index contributed by atoms with van der Waals surface area (Å²) in [5, 5.41) is 3.00. The second kappa shape index (κ2) is 6.86. The molecule has 0 spiro atoms. The molecule has 0 radical (unpaired) electrons. The molecule has 0 aliphatic heterocycles. The first kappa shape index (κ1) is 15.9. The van der Waals surface area contributed by atoms with Gasteiger partial charge in [0, 0.05) is 19.6 Å². The highest BCUT2D eigenvalue weighted by atomic mass is 19.4. The summed E-state index contributed by atoms with van der Waals surface area (Å²) in [6.45, 7) is 4.57. The summed E-state index contributed by atoms with van der Waals surface area (Å²) in [6, 6.07) is 2.60. The van der Waals surface area contributed by atoms with Crippen molar-refractivity contribution in [3.05, 3.63) is 35.1 Å². The van der Waals surface area contributed by atoms with E-state index >= 15 is 0 Å². The van der Waals surface area contributed by atoms with Gasteiger partial charge in [0.25, 0.3) is 0 Å². The van der Waals surface area contributed by atoms with Crippen LogP contribution >= 0.6 is 0 Å². The van der Waals surface area contributed by atoms with E-state index < -0.39 is 17.6 Å². The molecule has 1 rings (SSSR count). The minimum absolute atomic E-state index is 0.221. The lowest BCUT2D eigenvalue weighted by atomic mass is 10.1. The molecule has 0 aliphatic rings. The molecule has 6 heteroatoms. The molecule has 0 atom stereocenters. The van der Waals surface area contributed by atoms with Gasteiger partial charge in [0.15, 0.2) is 0 Å². The molecule has 0 unspecified atom stereocenters. The first-order valence-electron chi connectivity index (χ1n) is 6.09. The number of hydrogen-bond acceptors (Lipinski definition) is 2. The van der Waals surface area contributed by atoms with Crippen LogP contribution in [0.4, 0.5) is 17.6 Å². The zero-order valence-electron chi connectivity index (χ0n) is 11.0. The van der Waals surface area contributed by atoms with E-state index in [1.807, 2.05) is 14.0 Å². The molecule has 108 valence electrons. The Morgan fingerprint density at radius 2 is 1.89 bits per heavy atom. The Bertz CT molecular complexity index is 404. The van der Waals surface area contributed by atoms with Crippen LogP contribution in [0.2, 0.25) is 0 Å². The van der Waals surface area contributed by atoms with Gasteiger partial charge in [0.2, 0.25) is 0 Å². The minimum atomic E-state index is -4.51. The Labute approximate surface area is 110 Å². The number of nitrogens with zero attached hydrogens (tertiary/aromatic N) is 1. The van der Waals surface area contributed by atoms with Gasteiger partial charge in [-0.25, -0.2) is 4.39 Å². The average Bonchev–Trinajstić information content (AvgIpc) is 2.32. The number of halogens is 4. The predicted octanol–water partition coefficient (Wildman–Crippen LogP) is 2.89. The fourth-order valence-corrected chi connectivity index (χ4v) is 1.58. The van der Waals surface area contributed by atoms with E-state index in [9.17, 15) is 17.6 Å². The topological polar surface area (TPSA) is 15.3 Å². The Balaban J connectivity index is 2.57. The lowest BCUT2D eigenvalue weighted by Crippen LogP contribution is -2.28. The molecule has 1 aromatic rings. The first-order valence-corrected chi connectivity index (χ1v) is 6.09. The molecular weight excluding hydrogens is 260 g/mol. The molecule has 0 saturated heterocycles. The number of hydrogen-bond donors (Lipinski definition) is 1. The van der Waals surface area contributed by atoms with Gasteiger partial charge in [0.1, 0.15) is 5.82 Å².